The number of allylic oxidation sites excluding steroid dienone is 6. The molecular formula is C30H55N3. The van der Waals surface area contributed by atoms with Crippen molar-refractivity contribution in [3.05, 3.63) is 60.8 Å². The van der Waals surface area contributed by atoms with Gasteiger partial charge in [0.2, 0.25) is 0 Å². The summed E-state index contributed by atoms with van der Waals surface area (Å²) in [5.41, 5.74) is 9.32. The van der Waals surface area contributed by atoms with Gasteiger partial charge in [0, 0.05) is 18.5 Å². The molecule has 0 heterocycles. The van der Waals surface area contributed by atoms with Gasteiger partial charge in [0.05, 0.1) is 0 Å². The minimum atomic E-state index is -0.0397. The third-order valence-electron chi connectivity index (χ3n) is 6.77. The van der Waals surface area contributed by atoms with Crippen LogP contribution in [-0.2, 0) is 0 Å². The number of likely N-dealkylation sites (N-methyl/N-ethyl adjacent to an activating group) is 1. The fourth-order valence-electron chi connectivity index (χ4n) is 5.10. The van der Waals surface area contributed by atoms with Crippen LogP contribution in [0.2, 0.25) is 0 Å². The summed E-state index contributed by atoms with van der Waals surface area (Å²) in [7, 11) is 6.25. The zero-order valence-electron chi connectivity index (χ0n) is 23.2. The van der Waals surface area contributed by atoms with Crippen LogP contribution in [0.1, 0.15) is 66.7 Å². The van der Waals surface area contributed by atoms with Crippen LogP contribution in [0.25, 0.3) is 0 Å². The Morgan fingerprint density at radius 1 is 1.09 bits per heavy atom. The van der Waals surface area contributed by atoms with E-state index in [4.69, 9.17) is 5.73 Å². The van der Waals surface area contributed by atoms with E-state index in [9.17, 15) is 0 Å². The Bertz CT molecular complexity index is 637. The number of nitrogens with one attached hydrogen (secondary N) is 1. The predicted octanol–water partition coefficient (Wildman–Crippen LogP) is 6.76. The van der Waals surface area contributed by atoms with E-state index in [0.717, 1.165) is 25.9 Å². The molecule has 0 fully saturated rings. The summed E-state index contributed by atoms with van der Waals surface area (Å²) in [5, 5.41) is 3.22. The quantitative estimate of drug-likeness (QED) is 0.176. The van der Waals surface area contributed by atoms with Gasteiger partial charge in [-0.1, -0.05) is 96.6 Å². The van der Waals surface area contributed by atoms with Crippen LogP contribution >= 0.6 is 0 Å². The van der Waals surface area contributed by atoms with Crippen molar-refractivity contribution in [3.8, 4) is 0 Å². The van der Waals surface area contributed by atoms with Gasteiger partial charge in [0.15, 0.2) is 0 Å². The lowest BCUT2D eigenvalue weighted by Gasteiger charge is -2.45. The molecule has 0 saturated carbocycles. The molecule has 0 rings (SSSR count). The van der Waals surface area contributed by atoms with Gasteiger partial charge >= 0.3 is 0 Å². The number of nitrogens with two attached hydrogens (primary N) is 1. The van der Waals surface area contributed by atoms with Crippen molar-refractivity contribution in [2.75, 3.05) is 34.2 Å². The first kappa shape index (κ1) is 31.6. The van der Waals surface area contributed by atoms with Gasteiger partial charge in [-0.25, -0.2) is 0 Å². The first-order chi connectivity index (χ1) is 15.6. The second kappa shape index (κ2) is 17.1. The number of rotatable bonds is 18. The van der Waals surface area contributed by atoms with Crippen molar-refractivity contribution in [2.24, 2.45) is 28.9 Å². The smallest absolute Gasteiger partial charge is 0.0135 e. The highest BCUT2D eigenvalue weighted by molar-refractivity contribution is 5.32. The Morgan fingerprint density at radius 3 is 2.24 bits per heavy atom. The van der Waals surface area contributed by atoms with Crippen LogP contribution in [-0.4, -0.2) is 45.2 Å². The number of hydrogen-bond donors (Lipinski definition) is 2. The molecule has 0 aliphatic carbocycles. The first-order valence-electron chi connectivity index (χ1n) is 12.9. The van der Waals surface area contributed by atoms with E-state index in [-0.39, 0.29) is 17.4 Å². The maximum Gasteiger partial charge on any atom is 0.0135 e. The maximum atomic E-state index is 6.72. The van der Waals surface area contributed by atoms with E-state index in [2.05, 4.69) is 102 Å². The number of unbranched alkanes of at least 4 members (excludes halogenated alkanes) is 2. The van der Waals surface area contributed by atoms with Crippen LogP contribution < -0.4 is 11.1 Å². The monoisotopic (exact) mass is 457 g/mol. The van der Waals surface area contributed by atoms with Crippen molar-refractivity contribution in [2.45, 2.75) is 72.8 Å². The van der Waals surface area contributed by atoms with Crippen molar-refractivity contribution in [1.29, 1.82) is 0 Å². The highest BCUT2D eigenvalue weighted by Gasteiger charge is 2.41. The van der Waals surface area contributed by atoms with E-state index in [1.807, 2.05) is 13.1 Å². The number of hydrogen-bond acceptors (Lipinski definition) is 3. The average Bonchev–Trinajstić information content (AvgIpc) is 2.74. The third kappa shape index (κ3) is 11.5. The average molecular weight is 458 g/mol. The summed E-state index contributed by atoms with van der Waals surface area (Å²) in [4.78, 5) is 2.25. The van der Waals surface area contributed by atoms with Gasteiger partial charge in [0.25, 0.3) is 0 Å². The van der Waals surface area contributed by atoms with Gasteiger partial charge in [0.1, 0.15) is 0 Å². The topological polar surface area (TPSA) is 41.3 Å². The highest BCUT2D eigenvalue weighted by atomic mass is 15.0. The maximum absolute atomic E-state index is 6.72. The molecule has 0 amide bonds. The minimum Gasteiger partial charge on any atom is -0.327 e. The molecule has 0 aliphatic heterocycles. The first-order valence-corrected chi connectivity index (χ1v) is 12.9. The van der Waals surface area contributed by atoms with Crippen molar-refractivity contribution >= 4 is 0 Å². The molecular weight excluding hydrogens is 402 g/mol. The molecule has 4 atom stereocenters. The molecule has 0 aliphatic rings. The lowest BCUT2D eigenvalue weighted by molar-refractivity contribution is 0.139. The van der Waals surface area contributed by atoms with E-state index in [1.54, 1.807) is 0 Å². The van der Waals surface area contributed by atoms with Gasteiger partial charge in [-0.3, -0.25) is 0 Å². The van der Waals surface area contributed by atoms with E-state index in [0.29, 0.717) is 11.8 Å². The molecule has 0 aromatic heterocycles. The lowest BCUT2D eigenvalue weighted by atomic mass is 9.60. The largest absolute Gasteiger partial charge is 0.327 e. The van der Waals surface area contributed by atoms with Crippen molar-refractivity contribution in [1.82, 2.24) is 10.2 Å². The molecule has 0 spiro atoms. The Hall–Kier alpha value is -1.42. The normalized spacial score (nSPS) is 17.3. The van der Waals surface area contributed by atoms with Crippen LogP contribution in [0.5, 0.6) is 0 Å². The summed E-state index contributed by atoms with van der Waals surface area (Å²) in [6.45, 7) is 21.7. The molecule has 3 N–H and O–H groups in total. The lowest BCUT2D eigenvalue weighted by Crippen LogP contribution is -2.43. The molecule has 3 heteroatoms. The van der Waals surface area contributed by atoms with E-state index in [1.165, 1.54) is 30.4 Å². The van der Waals surface area contributed by atoms with E-state index < -0.39 is 0 Å². The van der Waals surface area contributed by atoms with Crippen molar-refractivity contribution < 1.29 is 0 Å². The van der Waals surface area contributed by atoms with Crippen LogP contribution in [0.15, 0.2) is 60.8 Å². The fourth-order valence-corrected chi connectivity index (χ4v) is 5.10. The Balaban J connectivity index is 6.34. The third-order valence-corrected chi connectivity index (χ3v) is 6.77. The Morgan fingerprint density at radius 2 is 1.76 bits per heavy atom. The zero-order chi connectivity index (χ0) is 25.4. The van der Waals surface area contributed by atoms with Gasteiger partial charge in [-0.2, -0.15) is 0 Å². The van der Waals surface area contributed by atoms with Crippen LogP contribution in [0, 0.1) is 23.2 Å². The zero-order valence-corrected chi connectivity index (χ0v) is 23.2. The molecule has 4 unspecified atom stereocenters. The predicted molar refractivity (Wildman–Crippen MR) is 151 cm³/mol. The second-order valence-corrected chi connectivity index (χ2v) is 10.5. The molecule has 3 nitrogen and oxygen atoms in total. The van der Waals surface area contributed by atoms with Gasteiger partial charge in [-0.05, 0) is 75.9 Å². The van der Waals surface area contributed by atoms with Crippen LogP contribution in [0.3, 0.4) is 0 Å². The van der Waals surface area contributed by atoms with Crippen molar-refractivity contribution in [3.63, 3.8) is 0 Å². The fraction of sp³-hybridized carbons (Fsp3) is 0.667. The molecule has 33 heavy (non-hydrogen) atoms. The highest BCUT2D eigenvalue weighted by Crippen LogP contribution is 2.47. The van der Waals surface area contributed by atoms with Gasteiger partial charge in [-0.15, -0.1) is 0 Å². The summed E-state index contributed by atoms with van der Waals surface area (Å²) in [5.74, 6) is 1.08. The molecule has 190 valence electrons. The summed E-state index contributed by atoms with van der Waals surface area (Å²) >= 11 is 0. The van der Waals surface area contributed by atoms with E-state index >= 15 is 0 Å². The summed E-state index contributed by atoms with van der Waals surface area (Å²) in [6.07, 6.45) is 19.1. The second-order valence-electron chi connectivity index (χ2n) is 10.5. The standard InChI is InChI=1S/C30H55N3/c1-11-14-15-19-28(27(17-12-2)18-16-21-32-8)30(6,7)29(25(5)31)26(13-3)23-24(4)20-22-33(9)10/h12-13,16-18,23-25,28-29,32H,2-3,11,14-15,19-22,31H2,1,4-10H3/b18-16-,26-23+,27-17+. The molecule has 0 aromatic rings. The molecule has 0 bridgehead atoms. The van der Waals surface area contributed by atoms with Gasteiger partial charge < -0.3 is 16.0 Å². The minimum absolute atomic E-state index is 0.0326. The SMILES string of the molecule is C=C/C=C(\C=C/CNC)C(CCCCC)C(C)(C)C(/C(C=C)=C/C(C)CCN(C)C)C(C)N. The van der Waals surface area contributed by atoms with Crippen LogP contribution in [0.4, 0.5) is 0 Å². The summed E-state index contributed by atoms with van der Waals surface area (Å²) < 4.78 is 0. The Kier molecular flexibility index (Phi) is 16.3. The summed E-state index contributed by atoms with van der Waals surface area (Å²) in [6, 6.07) is 0.0326. The Labute approximate surface area is 207 Å². The number of nitrogens with zero attached hydrogens (tertiary/aromatic N) is 1. The molecule has 0 aromatic carbocycles. The molecule has 0 radical (unpaired) electrons. The molecule has 0 saturated heterocycles.